The molecule has 0 aliphatic rings. The van der Waals surface area contributed by atoms with Gasteiger partial charge in [0.25, 0.3) is 0 Å². The van der Waals surface area contributed by atoms with Crippen molar-refractivity contribution in [2.24, 2.45) is 0 Å². The highest BCUT2D eigenvalue weighted by molar-refractivity contribution is 9.10. The van der Waals surface area contributed by atoms with Gasteiger partial charge in [0.2, 0.25) is 0 Å². The molecule has 2 amide bonds. The van der Waals surface area contributed by atoms with E-state index in [1.54, 1.807) is 0 Å². The number of amides is 2. The summed E-state index contributed by atoms with van der Waals surface area (Å²) in [6.07, 6.45) is 0. The highest BCUT2D eigenvalue weighted by Crippen LogP contribution is 2.22. The van der Waals surface area contributed by atoms with Gasteiger partial charge in [-0.05, 0) is 41.1 Å². The number of carbonyl (C=O) groups is 1. The minimum atomic E-state index is -0.349. The number of hydrogen-bond acceptors (Lipinski definition) is 1. The Balaban J connectivity index is 2.72. The van der Waals surface area contributed by atoms with Crippen LogP contribution < -0.4 is 10.6 Å². The molecule has 1 rings (SSSR count). The summed E-state index contributed by atoms with van der Waals surface area (Å²) in [5, 5.41) is 5.15. The van der Waals surface area contributed by atoms with Crippen molar-refractivity contribution >= 4 is 27.6 Å². The first-order valence-corrected chi connectivity index (χ1v) is 4.92. The van der Waals surface area contributed by atoms with E-state index in [0.717, 1.165) is 0 Å². The summed E-state index contributed by atoms with van der Waals surface area (Å²) in [5.41, 5.74) is 0.539. The van der Waals surface area contributed by atoms with Crippen LogP contribution in [0.4, 0.5) is 14.9 Å². The molecule has 14 heavy (non-hydrogen) atoms. The smallest absolute Gasteiger partial charge is 0.319 e. The van der Waals surface area contributed by atoms with Gasteiger partial charge in [-0.25, -0.2) is 9.18 Å². The van der Waals surface area contributed by atoms with Crippen molar-refractivity contribution in [2.45, 2.75) is 6.92 Å². The summed E-state index contributed by atoms with van der Waals surface area (Å²) in [6.45, 7) is 2.37. The van der Waals surface area contributed by atoms with Gasteiger partial charge in [0.05, 0.1) is 5.69 Å². The van der Waals surface area contributed by atoms with Crippen molar-refractivity contribution in [3.05, 3.63) is 28.5 Å². The molecule has 3 nitrogen and oxygen atoms in total. The zero-order valence-electron chi connectivity index (χ0n) is 7.60. The number of nitrogens with one attached hydrogen (secondary N) is 2. The summed E-state index contributed by atoms with van der Waals surface area (Å²) in [4.78, 5) is 11.1. The van der Waals surface area contributed by atoms with Gasteiger partial charge in [0.1, 0.15) is 5.82 Å². The quantitative estimate of drug-likeness (QED) is 0.844. The molecule has 0 atom stereocenters. The van der Waals surface area contributed by atoms with Crippen LogP contribution in [0.15, 0.2) is 22.7 Å². The lowest BCUT2D eigenvalue weighted by molar-refractivity contribution is 0.252. The van der Waals surface area contributed by atoms with Gasteiger partial charge in [0.15, 0.2) is 0 Å². The highest BCUT2D eigenvalue weighted by atomic mass is 79.9. The predicted molar refractivity (Wildman–Crippen MR) is 56.8 cm³/mol. The van der Waals surface area contributed by atoms with Crippen LogP contribution in [-0.4, -0.2) is 12.6 Å². The maximum Gasteiger partial charge on any atom is 0.319 e. The zero-order chi connectivity index (χ0) is 10.6. The molecule has 0 aliphatic carbocycles. The fourth-order valence-electron chi connectivity index (χ4n) is 0.918. The van der Waals surface area contributed by atoms with Crippen LogP contribution in [0.5, 0.6) is 0 Å². The monoisotopic (exact) mass is 260 g/mol. The molecule has 0 spiro atoms. The molecule has 1 aromatic carbocycles. The summed E-state index contributed by atoms with van der Waals surface area (Å²) < 4.78 is 13.2. The standard InChI is InChI=1S/C9H10BrFN2O/c1-2-12-9(14)13-8-4-3-6(11)5-7(8)10/h3-5H,2H2,1H3,(H2,12,13,14). The normalized spacial score (nSPS) is 9.64. The van der Waals surface area contributed by atoms with Crippen LogP contribution in [0.2, 0.25) is 0 Å². The number of hydrogen-bond donors (Lipinski definition) is 2. The Labute approximate surface area is 89.8 Å². The van der Waals surface area contributed by atoms with E-state index in [0.29, 0.717) is 16.7 Å². The van der Waals surface area contributed by atoms with Crippen LogP contribution in [0.1, 0.15) is 6.92 Å². The second-order valence-electron chi connectivity index (χ2n) is 2.61. The highest BCUT2D eigenvalue weighted by Gasteiger charge is 2.04. The maximum atomic E-state index is 12.7. The third-order valence-corrected chi connectivity index (χ3v) is 2.17. The molecule has 2 N–H and O–H groups in total. The molecule has 0 aliphatic heterocycles. The van der Waals surface area contributed by atoms with Crippen molar-refractivity contribution in [3.63, 3.8) is 0 Å². The van der Waals surface area contributed by atoms with Gasteiger partial charge in [-0.2, -0.15) is 0 Å². The van der Waals surface area contributed by atoms with Crippen molar-refractivity contribution in [3.8, 4) is 0 Å². The number of halogens is 2. The molecule has 0 radical (unpaired) electrons. The van der Waals surface area contributed by atoms with Gasteiger partial charge >= 0.3 is 6.03 Å². The van der Waals surface area contributed by atoms with Crippen LogP contribution in [0, 0.1) is 5.82 Å². The van der Waals surface area contributed by atoms with E-state index in [9.17, 15) is 9.18 Å². The first-order chi connectivity index (χ1) is 6.63. The molecule has 1 aromatic rings. The Morgan fingerprint density at radius 1 is 1.57 bits per heavy atom. The molecule has 76 valence electrons. The average molecular weight is 261 g/mol. The first kappa shape index (κ1) is 11.0. The molecule has 0 heterocycles. The summed E-state index contributed by atoms with van der Waals surface area (Å²) in [5.74, 6) is -0.349. The lowest BCUT2D eigenvalue weighted by Crippen LogP contribution is -2.28. The van der Waals surface area contributed by atoms with Gasteiger partial charge in [-0.15, -0.1) is 0 Å². The molecular weight excluding hydrogens is 251 g/mol. The number of benzene rings is 1. The number of urea groups is 1. The second kappa shape index (κ2) is 4.95. The molecular formula is C9H10BrFN2O. The van der Waals surface area contributed by atoms with Crippen molar-refractivity contribution < 1.29 is 9.18 Å². The SMILES string of the molecule is CCNC(=O)Nc1ccc(F)cc1Br. The molecule has 0 saturated heterocycles. The number of anilines is 1. The van der Waals surface area contributed by atoms with E-state index in [4.69, 9.17) is 0 Å². The van der Waals surface area contributed by atoms with Crippen molar-refractivity contribution in [2.75, 3.05) is 11.9 Å². The van der Waals surface area contributed by atoms with E-state index in [2.05, 4.69) is 26.6 Å². The topological polar surface area (TPSA) is 41.1 Å². The zero-order valence-corrected chi connectivity index (χ0v) is 9.19. The summed E-state index contributed by atoms with van der Waals surface area (Å²) in [6, 6.07) is 3.77. The van der Waals surface area contributed by atoms with E-state index >= 15 is 0 Å². The molecule has 0 aromatic heterocycles. The lowest BCUT2D eigenvalue weighted by Gasteiger charge is -2.07. The van der Waals surface area contributed by atoms with Gasteiger partial charge in [-0.1, -0.05) is 0 Å². The van der Waals surface area contributed by atoms with E-state index in [1.807, 2.05) is 6.92 Å². The third kappa shape index (κ3) is 2.99. The number of carbonyl (C=O) groups excluding carboxylic acids is 1. The summed E-state index contributed by atoms with van der Waals surface area (Å²) in [7, 11) is 0. The van der Waals surface area contributed by atoms with Crippen molar-refractivity contribution in [1.29, 1.82) is 0 Å². The molecule has 5 heteroatoms. The van der Waals surface area contributed by atoms with Gasteiger partial charge in [0, 0.05) is 11.0 Å². The fraction of sp³-hybridized carbons (Fsp3) is 0.222. The van der Waals surface area contributed by atoms with Crippen LogP contribution in [0.25, 0.3) is 0 Å². The van der Waals surface area contributed by atoms with Crippen LogP contribution in [0.3, 0.4) is 0 Å². The molecule has 0 unspecified atom stereocenters. The van der Waals surface area contributed by atoms with Crippen LogP contribution in [-0.2, 0) is 0 Å². The Kier molecular flexibility index (Phi) is 3.88. The molecule has 0 saturated carbocycles. The first-order valence-electron chi connectivity index (χ1n) is 4.13. The predicted octanol–water partition coefficient (Wildman–Crippen LogP) is 2.73. The minimum absolute atomic E-state index is 0.306. The van der Waals surface area contributed by atoms with E-state index in [-0.39, 0.29) is 11.8 Å². The minimum Gasteiger partial charge on any atom is -0.338 e. The Morgan fingerprint density at radius 3 is 2.86 bits per heavy atom. The van der Waals surface area contributed by atoms with E-state index in [1.165, 1.54) is 18.2 Å². The van der Waals surface area contributed by atoms with E-state index < -0.39 is 0 Å². The maximum absolute atomic E-state index is 12.7. The largest absolute Gasteiger partial charge is 0.338 e. The Hall–Kier alpha value is -1.10. The third-order valence-electron chi connectivity index (χ3n) is 1.52. The van der Waals surface area contributed by atoms with Gasteiger partial charge < -0.3 is 10.6 Å². The van der Waals surface area contributed by atoms with Crippen LogP contribution >= 0.6 is 15.9 Å². The molecule has 0 bridgehead atoms. The number of rotatable bonds is 2. The average Bonchev–Trinajstić information content (AvgIpc) is 2.10. The second-order valence-corrected chi connectivity index (χ2v) is 3.46. The summed E-state index contributed by atoms with van der Waals surface area (Å²) >= 11 is 3.14. The lowest BCUT2D eigenvalue weighted by atomic mass is 10.3. The van der Waals surface area contributed by atoms with Gasteiger partial charge in [-0.3, -0.25) is 0 Å². The fourth-order valence-corrected chi connectivity index (χ4v) is 1.37. The molecule has 0 fully saturated rings. The Morgan fingerprint density at radius 2 is 2.29 bits per heavy atom. The van der Waals surface area contributed by atoms with Crippen molar-refractivity contribution in [1.82, 2.24) is 5.32 Å². The Bertz CT molecular complexity index is 344.